The van der Waals surface area contributed by atoms with Crippen molar-refractivity contribution in [1.82, 2.24) is 15.0 Å². The summed E-state index contributed by atoms with van der Waals surface area (Å²) < 4.78 is 5.58. The predicted octanol–water partition coefficient (Wildman–Crippen LogP) is 2.65. The van der Waals surface area contributed by atoms with Crippen LogP contribution in [0.2, 0.25) is 0 Å². The van der Waals surface area contributed by atoms with Gasteiger partial charge in [0.05, 0.1) is 16.6 Å². The van der Waals surface area contributed by atoms with Gasteiger partial charge in [-0.25, -0.2) is 9.78 Å². The standard InChI is InChI=1S/C17H12N4O3/c22-9-10(16-19-13-3-1-2-4-15(13)24-16)8-18-11-5-6-12-14(7-11)21-17(23)20-12/h1-9,18H,(H2,20,21,23)/b10-8+. The highest BCUT2D eigenvalue weighted by atomic mass is 16.3. The average molecular weight is 320 g/mol. The molecular formula is C17H12N4O3. The molecule has 4 rings (SSSR count). The molecule has 0 atom stereocenters. The SMILES string of the molecule is O=C/C(=C\Nc1ccc2[nH]c(=O)[nH]c2c1)c1nc2ccccc2o1. The van der Waals surface area contributed by atoms with E-state index in [0.29, 0.717) is 34.1 Å². The topological polar surface area (TPSA) is 104 Å². The van der Waals surface area contributed by atoms with Crippen LogP contribution in [0, 0.1) is 0 Å². The van der Waals surface area contributed by atoms with Crippen LogP contribution in [-0.4, -0.2) is 21.2 Å². The van der Waals surface area contributed by atoms with E-state index in [4.69, 9.17) is 4.42 Å². The van der Waals surface area contributed by atoms with Crippen molar-refractivity contribution in [1.29, 1.82) is 0 Å². The fourth-order valence-electron chi connectivity index (χ4n) is 2.43. The van der Waals surface area contributed by atoms with Crippen molar-refractivity contribution in [2.45, 2.75) is 0 Å². The lowest BCUT2D eigenvalue weighted by molar-refractivity contribution is -0.103. The number of nitrogens with one attached hydrogen (secondary N) is 3. The number of oxazole rings is 1. The van der Waals surface area contributed by atoms with Gasteiger partial charge in [0.1, 0.15) is 5.52 Å². The Kier molecular flexibility index (Phi) is 3.24. The molecule has 0 aliphatic rings. The number of imidazole rings is 1. The maximum Gasteiger partial charge on any atom is 0.323 e. The Hall–Kier alpha value is -3.61. The van der Waals surface area contributed by atoms with E-state index in [9.17, 15) is 9.59 Å². The highest BCUT2D eigenvalue weighted by molar-refractivity contribution is 6.06. The maximum absolute atomic E-state index is 11.4. The Labute approximate surface area is 135 Å². The molecule has 118 valence electrons. The van der Waals surface area contributed by atoms with Crippen molar-refractivity contribution < 1.29 is 9.21 Å². The van der Waals surface area contributed by atoms with E-state index in [-0.39, 0.29) is 17.2 Å². The maximum atomic E-state index is 11.4. The van der Waals surface area contributed by atoms with Gasteiger partial charge in [0.25, 0.3) is 0 Å². The summed E-state index contributed by atoms with van der Waals surface area (Å²) in [6, 6.07) is 12.6. The Balaban J connectivity index is 1.66. The van der Waals surface area contributed by atoms with Crippen molar-refractivity contribution in [3.63, 3.8) is 0 Å². The van der Waals surface area contributed by atoms with Crippen molar-refractivity contribution in [3.05, 3.63) is 65.0 Å². The van der Waals surface area contributed by atoms with Gasteiger partial charge in [0, 0.05) is 11.9 Å². The number of fused-ring (bicyclic) bond motifs is 2. The molecule has 0 amide bonds. The third kappa shape index (κ3) is 2.48. The molecule has 7 nitrogen and oxygen atoms in total. The van der Waals surface area contributed by atoms with E-state index in [1.54, 1.807) is 24.3 Å². The van der Waals surface area contributed by atoms with Crippen molar-refractivity contribution in [3.8, 4) is 0 Å². The monoisotopic (exact) mass is 320 g/mol. The molecule has 4 aromatic rings. The molecule has 7 heteroatoms. The summed E-state index contributed by atoms with van der Waals surface area (Å²) in [5.41, 5.74) is 3.43. The number of aldehydes is 1. The number of allylic oxidation sites excluding steroid dienone is 1. The number of hydrogen-bond acceptors (Lipinski definition) is 5. The summed E-state index contributed by atoms with van der Waals surface area (Å²) in [5, 5.41) is 3.01. The van der Waals surface area contributed by atoms with Crippen LogP contribution in [0.5, 0.6) is 0 Å². The number of anilines is 1. The van der Waals surface area contributed by atoms with Gasteiger partial charge in [0.2, 0.25) is 5.89 Å². The van der Waals surface area contributed by atoms with Crippen molar-refractivity contribution >= 4 is 39.7 Å². The largest absolute Gasteiger partial charge is 0.436 e. The molecule has 0 saturated heterocycles. The second-order valence-corrected chi connectivity index (χ2v) is 5.19. The van der Waals surface area contributed by atoms with E-state index in [1.165, 1.54) is 6.20 Å². The zero-order valence-corrected chi connectivity index (χ0v) is 12.4. The summed E-state index contributed by atoms with van der Waals surface area (Å²) in [6.45, 7) is 0. The molecule has 2 aromatic carbocycles. The lowest BCUT2D eigenvalue weighted by atomic mass is 10.2. The number of aromatic amines is 2. The predicted molar refractivity (Wildman–Crippen MR) is 90.6 cm³/mol. The van der Waals surface area contributed by atoms with Crippen molar-refractivity contribution in [2.24, 2.45) is 0 Å². The van der Waals surface area contributed by atoms with Gasteiger partial charge < -0.3 is 19.7 Å². The van der Waals surface area contributed by atoms with Crippen LogP contribution in [-0.2, 0) is 4.79 Å². The molecule has 0 spiro atoms. The number of hydrogen-bond donors (Lipinski definition) is 3. The van der Waals surface area contributed by atoms with Crippen LogP contribution in [0.4, 0.5) is 5.69 Å². The third-order valence-electron chi connectivity index (χ3n) is 3.58. The first-order valence-electron chi connectivity index (χ1n) is 7.23. The Bertz CT molecular complexity index is 1100. The van der Waals surface area contributed by atoms with Gasteiger partial charge in [-0.15, -0.1) is 0 Å². The van der Waals surface area contributed by atoms with Gasteiger partial charge in [-0.1, -0.05) is 12.1 Å². The lowest BCUT2D eigenvalue weighted by Crippen LogP contribution is -1.99. The zero-order chi connectivity index (χ0) is 16.5. The number of para-hydroxylation sites is 2. The van der Waals surface area contributed by atoms with Crippen LogP contribution >= 0.6 is 0 Å². The molecule has 0 aliphatic heterocycles. The number of H-pyrrole nitrogens is 2. The number of aromatic nitrogens is 3. The summed E-state index contributed by atoms with van der Waals surface area (Å²) in [6.07, 6.45) is 2.19. The zero-order valence-electron chi connectivity index (χ0n) is 12.4. The molecule has 0 unspecified atom stereocenters. The Morgan fingerprint density at radius 1 is 1.12 bits per heavy atom. The van der Waals surface area contributed by atoms with Gasteiger partial charge in [-0.2, -0.15) is 0 Å². The van der Waals surface area contributed by atoms with E-state index in [0.717, 1.165) is 0 Å². The van der Waals surface area contributed by atoms with E-state index < -0.39 is 0 Å². The van der Waals surface area contributed by atoms with E-state index in [1.807, 2.05) is 18.2 Å². The van der Waals surface area contributed by atoms with Gasteiger partial charge >= 0.3 is 5.69 Å². The molecular weight excluding hydrogens is 308 g/mol. The third-order valence-corrected chi connectivity index (χ3v) is 3.58. The molecule has 0 fully saturated rings. The van der Waals surface area contributed by atoms with Crippen LogP contribution < -0.4 is 11.0 Å². The summed E-state index contributed by atoms with van der Waals surface area (Å²) in [5.74, 6) is 0.245. The van der Waals surface area contributed by atoms with Crippen LogP contribution in [0.1, 0.15) is 5.89 Å². The molecule has 0 radical (unpaired) electrons. The van der Waals surface area contributed by atoms with Crippen molar-refractivity contribution in [2.75, 3.05) is 5.32 Å². The van der Waals surface area contributed by atoms with Gasteiger partial charge in [-0.3, -0.25) is 4.79 Å². The summed E-state index contributed by atoms with van der Waals surface area (Å²) >= 11 is 0. The Morgan fingerprint density at radius 3 is 2.79 bits per heavy atom. The number of nitrogens with zero attached hydrogens (tertiary/aromatic N) is 1. The molecule has 2 heterocycles. The molecule has 24 heavy (non-hydrogen) atoms. The fraction of sp³-hybridized carbons (Fsp3) is 0. The number of benzene rings is 2. The van der Waals surface area contributed by atoms with Gasteiger partial charge in [-0.05, 0) is 30.3 Å². The highest BCUT2D eigenvalue weighted by Crippen LogP contribution is 2.20. The number of carbonyl (C=O) groups is 1. The van der Waals surface area contributed by atoms with Crippen LogP contribution in [0.15, 0.2) is 57.9 Å². The quantitative estimate of drug-likeness (QED) is 0.396. The minimum Gasteiger partial charge on any atom is -0.436 e. The average Bonchev–Trinajstić information content (AvgIpc) is 3.17. The van der Waals surface area contributed by atoms with E-state index >= 15 is 0 Å². The first-order valence-corrected chi connectivity index (χ1v) is 7.23. The summed E-state index contributed by atoms with van der Waals surface area (Å²) in [7, 11) is 0. The number of rotatable bonds is 4. The molecule has 3 N–H and O–H groups in total. The fourth-order valence-corrected chi connectivity index (χ4v) is 2.43. The van der Waals surface area contributed by atoms with E-state index in [2.05, 4.69) is 20.3 Å². The first kappa shape index (κ1) is 14.0. The first-order chi connectivity index (χ1) is 11.7. The molecule has 0 bridgehead atoms. The highest BCUT2D eigenvalue weighted by Gasteiger charge is 2.10. The van der Waals surface area contributed by atoms with Crippen LogP contribution in [0.25, 0.3) is 27.7 Å². The minimum atomic E-state index is -0.266. The van der Waals surface area contributed by atoms with Gasteiger partial charge in [0.15, 0.2) is 11.9 Å². The second kappa shape index (κ2) is 5.54. The minimum absolute atomic E-state index is 0.245. The molecule has 0 aliphatic carbocycles. The Morgan fingerprint density at radius 2 is 1.96 bits per heavy atom. The second-order valence-electron chi connectivity index (χ2n) is 5.19. The smallest absolute Gasteiger partial charge is 0.323 e. The molecule has 2 aromatic heterocycles. The van der Waals surface area contributed by atoms with Crippen LogP contribution in [0.3, 0.4) is 0 Å². The summed E-state index contributed by atoms with van der Waals surface area (Å²) in [4.78, 5) is 32.3. The number of carbonyl (C=O) groups excluding carboxylic acids is 1. The molecule has 0 saturated carbocycles. The lowest BCUT2D eigenvalue weighted by Gasteiger charge is -2.01. The normalized spacial score (nSPS) is 11.9.